The summed E-state index contributed by atoms with van der Waals surface area (Å²) in [5.41, 5.74) is 0.896. The number of carbonyl (C=O) groups excluding carboxylic acids is 1. The van der Waals surface area contributed by atoms with Gasteiger partial charge in [0.05, 0.1) is 12.3 Å². The van der Waals surface area contributed by atoms with E-state index < -0.39 is 17.4 Å². The fraction of sp³-hybridized carbons (Fsp3) is 0.333. The van der Waals surface area contributed by atoms with Crippen molar-refractivity contribution in [3.8, 4) is 0 Å². The minimum atomic E-state index is -3.22. The molecule has 0 aromatic heterocycles. The second-order valence-electron chi connectivity index (χ2n) is 4.07. The Bertz CT molecular complexity index is 504. The molecule has 1 aliphatic rings. The number of hydrogen-bond acceptors (Lipinski definition) is 3. The van der Waals surface area contributed by atoms with Crippen LogP contribution >= 0.6 is 0 Å². The first-order valence-corrected chi connectivity index (χ1v) is 5.14. The Hall–Kier alpha value is -1.62. The van der Waals surface area contributed by atoms with Gasteiger partial charge in [0.1, 0.15) is 0 Å². The zero-order valence-corrected chi connectivity index (χ0v) is 9.20. The molecule has 0 atom stereocenters. The lowest BCUT2D eigenvalue weighted by atomic mass is 9.96. The van der Waals surface area contributed by atoms with E-state index in [1.54, 1.807) is 18.2 Å². The summed E-state index contributed by atoms with van der Waals surface area (Å²) < 4.78 is 26.2. The smallest absolute Gasteiger partial charge is 0.290 e. The van der Waals surface area contributed by atoms with Gasteiger partial charge in [-0.15, -0.1) is 0 Å². The Kier molecular flexibility index (Phi) is 2.79. The van der Waals surface area contributed by atoms with Gasteiger partial charge in [-0.25, -0.2) is 4.99 Å². The Balaban J connectivity index is 2.49. The molecule has 1 N–H and O–H groups in total. The number of benzene rings is 1. The monoisotopic (exact) mass is 239 g/mol. The van der Waals surface area contributed by atoms with Gasteiger partial charge in [-0.2, -0.15) is 8.78 Å². The van der Waals surface area contributed by atoms with Gasteiger partial charge < -0.3 is 5.11 Å². The first-order chi connectivity index (χ1) is 7.91. The highest BCUT2D eigenvalue weighted by atomic mass is 19.3. The minimum absolute atomic E-state index is 0.0918. The van der Waals surface area contributed by atoms with E-state index in [4.69, 9.17) is 5.11 Å². The molecule has 0 saturated carbocycles. The molecule has 5 heteroatoms. The molecule has 0 radical (unpaired) electrons. The number of alkyl halides is 2. The number of ketones is 1. The van der Waals surface area contributed by atoms with E-state index in [2.05, 4.69) is 4.99 Å². The summed E-state index contributed by atoms with van der Waals surface area (Å²) >= 11 is 0. The number of nitrogens with zero attached hydrogens (tertiary/aromatic N) is 1. The first kappa shape index (κ1) is 11.9. The maximum absolute atomic E-state index is 13.1. The Morgan fingerprint density at radius 1 is 1.47 bits per heavy atom. The fourth-order valence-corrected chi connectivity index (χ4v) is 1.77. The SMILES string of the molecule is CC(F)(F)C1=Nc2ccc(CO)cc2CC1=O. The fourth-order valence-electron chi connectivity index (χ4n) is 1.77. The third-order valence-corrected chi connectivity index (χ3v) is 2.59. The largest absolute Gasteiger partial charge is 0.392 e. The topological polar surface area (TPSA) is 49.7 Å². The van der Waals surface area contributed by atoms with Gasteiger partial charge in [0.25, 0.3) is 5.92 Å². The summed E-state index contributed by atoms with van der Waals surface area (Å²) in [4.78, 5) is 15.2. The van der Waals surface area contributed by atoms with Crippen LogP contribution in [0.2, 0.25) is 0 Å². The van der Waals surface area contributed by atoms with Crippen molar-refractivity contribution in [3.63, 3.8) is 0 Å². The normalized spacial score (nSPS) is 15.5. The van der Waals surface area contributed by atoms with E-state index >= 15 is 0 Å². The molecular weight excluding hydrogens is 228 g/mol. The van der Waals surface area contributed by atoms with E-state index in [9.17, 15) is 13.6 Å². The third kappa shape index (κ3) is 2.24. The number of aliphatic imine (C=N–C) groups is 1. The van der Waals surface area contributed by atoms with Gasteiger partial charge >= 0.3 is 0 Å². The Morgan fingerprint density at radius 2 is 2.18 bits per heavy atom. The molecule has 1 aliphatic heterocycles. The highest BCUT2D eigenvalue weighted by Crippen LogP contribution is 2.30. The lowest BCUT2D eigenvalue weighted by molar-refractivity contribution is -0.113. The lowest BCUT2D eigenvalue weighted by Crippen LogP contribution is -2.35. The number of Topliss-reactive ketones (excluding diaryl/α,β-unsaturated/α-hetero) is 1. The van der Waals surface area contributed by atoms with Gasteiger partial charge in [0.2, 0.25) is 0 Å². The summed E-state index contributed by atoms with van der Waals surface area (Å²) in [6.07, 6.45) is -0.0918. The Labute approximate surface area is 96.8 Å². The van der Waals surface area contributed by atoms with Crippen molar-refractivity contribution < 1.29 is 18.7 Å². The third-order valence-electron chi connectivity index (χ3n) is 2.59. The van der Waals surface area contributed by atoms with Crippen molar-refractivity contribution in [1.82, 2.24) is 0 Å². The molecule has 0 spiro atoms. The lowest BCUT2D eigenvalue weighted by Gasteiger charge is -2.19. The van der Waals surface area contributed by atoms with Crippen LogP contribution in [0.15, 0.2) is 23.2 Å². The van der Waals surface area contributed by atoms with Gasteiger partial charge in [-0.3, -0.25) is 4.79 Å². The van der Waals surface area contributed by atoms with Crippen LogP contribution in [0.3, 0.4) is 0 Å². The van der Waals surface area contributed by atoms with Gasteiger partial charge in [-0.1, -0.05) is 12.1 Å². The standard InChI is InChI=1S/C12H11F2NO2/c1-12(13,14)11-10(17)5-8-4-7(6-16)2-3-9(8)15-11/h2-4,16H,5-6H2,1H3. The average molecular weight is 239 g/mol. The number of aliphatic hydroxyl groups excluding tert-OH is 1. The number of halogens is 2. The van der Waals surface area contributed by atoms with E-state index in [1.807, 2.05) is 0 Å². The van der Waals surface area contributed by atoms with Crippen LogP contribution in [0.25, 0.3) is 0 Å². The molecule has 0 bridgehead atoms. The molecule has 1 heterocycles. The van der Waals surface area contributed by atoms with Crippen molar-refractivity contribution in [3.05, 3.63) is 29.3 Å². The van der Waals surface area contributed by atoms with Crippen LogP contribution in [-0.2, 0) is 17.8 Å². The number of fused-ring (bicyclic) bond motifs is 1. The van der Waals surface area contributed by atoms with Crippen LogP contribution in [-0.4, -0.2) is 22.5 Å². The number of aliphatic hydroxyl groups is 1. The maximum atomic E-state index is 13.1. The highest BCUT2D eigenvalue weighted by molar-refractivity contribution is 6.44. The number of rotatable bonds is 2. The van der Waals surface area contributed by atoms with Gasteiger partial charge in [0, 0.05) is 13.3 Å². The van der Waals surface area contributed by atoms with Crippen LogP contribution in [0.4, 0.5) is 14.5 Å². The van der Waals surface area contributed by atoms with Gasteiger partial charge in [0.15, 0.2) is 11.5 Å². The van der Waals surface area contributed by atoms with E-state index in [1.165, 1.54) is 0 Å². The van der Waals surface area contributed by atoms with Crippen molar-refractivity contribution in [2.45, 2.75) is 25.9 Å². The predicted molar refractivity (Wildman–Crippen MR) is 58.8 cm³/mol. The van der Waals surface area contributed by atoms with E-state index in [-0.39, 0.29) is 13.0 Å². The molecule has 3 nitrogen and oxygen atoms in total. The molecule has 0 saturated heterocycles. The first-order valence-electron chi connectivity index (χ1n) is 5.14. The summed E-state index contributed by atoms with van der Waals surface area (Å²) in [5.74, 6) is -3.88. The Morgan fingerprint density at radius 3 is 2.76 bits per heavy atom. The quantitative estimate of drug-likeness (QED) is 0.858. The molecule has 1 aromatic carbocycles. The van der Waals surface area contributed by atoms with Crippen LogP contribution in [0.1, 0.15) is 18.1 Å². The molecule has 0 fully saturated rings. The second kappa shape index (κ2) is 4.00. The van der Waals surface area contributed by atoms with Crippen molar-refractivity contribution in [2.24, 2.45) is 4.99 Å². The minimum Gasteiger partial charge on any atom is -0.392 e. The summed E-state index contributed by atoms with van der Waals surface area (Å²) in [5, 5.41) is 8.95. The van der Waals surface area contributed by atoms with Crippen LogP contribution in [0.5, 0.6) is 0 Å². The molecule has 0 unspecified atom stereocenters. The van der Waals surface area contributed by atoms with E-state index in [0.29, 0.717) is 23.7 Å². The van der Waals surface area contributed by atoms with Crippen LogP contribution in [0, 0.1) is 0 Å². The molecule has 1 aromatic rings. The zero-order valence-electron chi connectivity index (χ0n) is 9.20. The van der Waals surface area contributed by atoms with E-state index in [0.717, 1.165) is 0 Å². The van der Waals surface area contributed by atoms with Crippen molar-refractivity contribution in [2.75, 3.05) is 0 Å². The van der Waals surface area contributed by atoms with Gasteiger partial charge in [-0.05, 0) is 17.2 Å². The van der Waals surface area contributed by atoms with Crippen molar-refractivity contribution in [1.29, 1.82) is 0 Å². The summed E-state index contributed by atoms with van der Waals surface area (Å²) in [6.45, 7) is 0.513. The molecule has 17 heavy (non-hydrogen) atoms. The molecular formula is C12H11F2NO2. The summed E-state index contributed by atoms with van der Waals surface area (Å²) in [6, 6.07) is 4.75. The second-order valence-corrected chi connectivity index (χ2v) is 4.07. The zero-order chi connectivity index (χ0) is 12.6. The highest BCUT2D eigenvalue weighted by Gasteiger charge is 2.37. The maximum Gasteiger partial charge on any atom is 0.290 e. The average Bonchev–Trinajstić information content (AvgIpc) is 2.25. The predicted octanol–water partition coefficient (Wildman–Crippen LogP) is 2.03. The molecule has 0 amide bonds. The molecule has 2 rings (SSSR count). The number of hydrogen-bond donors (Lipinski definition) is 1. The van der Waals surface area contributed by atoms with Crippen LogP contribution < -0.4 is 0 Å². The molecule has 0 aliphatic carbocycles. The van der Waals surface area contributed by atoms with Crippen molar-refractivity contribution >= 4 is 17.2 Å². The summed E-state index contributed by atoms with van der Waals surface area (Å²) in [7, 11) is 0. The molecule has 90 valence electrons. The number of carbonyl (C=O) groups is 1.